The molecule has 0 unspecified atom stereocenters. The lowest BCUT2D eigenvalue weighted by Gasteiger charge is -2.40. The Hall–Kier alpha value is -2.30. The van der Waals surface area contributed by atoms with Crippen LogP contribution in [0, 0.1) is 0 Å². The van der Waals surface area contributed by atoms with Crippen molar-refractivity contribution in [3.63, 3.8) is 0 Å². The second kappa shape index (κ2) is 5.96. The van der Waals surface area contributed by atoms with Gasteiger partial charge in [0.25, 0.3) is 5.91 Å². The maximum absolute atomic E-state index is 12.7. The largest absolute Gasteiger partial charge is 0.487 e. The normalized spacial score (nSPS) is 21.3. The van der Waals surface area contributed by atoms with Crippen LogP contribution in [0.15, 0.2) is 36.7 Å². The second-order valence-electron chi connectivity index (χ2n) is 6.84. The molecule has 1 aromatic carbocycles. The van der Waals surface area contributed by atoms with E-state index < -0.39 is 0 Å². The van der Waals surface area contributed by atoms with E-state index in [1.807, 2.05) is 25.1 Å². The quantitative estimate of drug-likeness (QED) is 0.940. The maximum Gasteiger partial charge on any atom is 0.254 e. The molecule has 2 heterocycles. The minimum absolute atomic E-state index is 0.00877. The number of amides is 1. The first-order valence-electron chi connectivity index (χ1n) is 8.80. The van der Waals surface area contributed by atoms with E-state index in [9.17, 15) is 4.79 Å². The lowest BCUT2D eigenvalue weighted by molar-refractivity contribution is 0.0360. The molecule has 1 aliphatic carbocycles. The summed E-state index contributed by atoms with van der Waals surface area (Å²) in [6.45, 7) is 2.77. The Balaban J connectivity index is 1.60. The van der Waals surface area contributed by atoms with Crippen molar-refractivity contribution in [2.24, 2.45) is 0 Å². The molecular weight excluding hydrogens is 302 g/mol. The van der Waals surface area contributed by atoms with Crippen molar-refractivity contribution in [2.45, 2.75) is 57.2 Å². The van der Waals surface area contributed by atoms with Gasteiger partial charge in [-0.1, -0.05) is 18.2 Å². The highest BCUT2D eigenvalue weighted by molar-refractivity contribution is 5.94. The Morgan fingerprint density at radius 1 is 1.38 bits per heavy atom. The molecule has 5 heteroatoms. The monoisotopic (exact) mass is 325 g/mol. The zero-order chi connectivity index (χ0) is 16.6. The van der Waals surface area contributed by atoms with Crippen LogP contribution in [-0.2, 0) is 6.54 Å². The Kier molecular flexibility index (Phi) is 3.79. The molecule has 0 saturated heterocycles. The zero-order valence-corrected chi connectivity index (χ0v) is 14.0. The van der Waals surface area contributed by atoms with Crippen LogP contribution in [0.2, 0.25) is 0 Å². The summed E-state index contributed by atoms with van der Waals surface area (Å²) in [7, 11) is 0. The number of fused-ring (bicyclic) bond motifs is 1. The average molecular weight is 325 g/mol. The molecule has 1 atom stereocenters. The minimum atomic E-state index is -0.111. The van der Waals surface area contributed by atoms with Gasteiger partial charge >= 0.3 is 0 Å². The Bertz CT molecular complexity index is 747. The Morgan fingerprint density at radius 3 is 2.92 bits per heavy atom. The van der Waals surface area contributed by atoms with Crippen molar-refractivity contribution < 1.29 is 9.53 Å². The fourth-order valence-electron chi connectivity index (χ4n) is 3.97. The summed E-state index contributed by atoms with van der Waals surface area (Å²) >= 11 is 0. The van der Waals surface area contributed by atoms with Crippen molar-refractivity contribution in [3.05, 3.63) is 47.8 Å². The number of nitrogens with one attached hydrogen (secondary N) is 1. The third-order valence-corrected chi connectivity index (χ3v) is 5.24. The molecule has 1 fully saturated rings. The third-order valence-electron chi connectivity index (χ3n) is 5.24. The average Bonchev–Trinajstić information content (AvgIpc) is 3.24. The van der Waals surface area contributed by atoms with Crippen LogP contribution < -0.4 is 10.1 Å². The number of aryl methyl sites for hydroxylation is 1. The van der Waals surface area contributed by atoms with E-state index in [1.54, 1.807) is 17.1 Å². The summed E-state index contributed by atoms with van der Waals surface area (Å²) in [5.74, 6) is 0.852. The number of hydrogen-bond donors (Lipinski definition) is 1. The van der Waals surface area contributed by atoms with Gasteiger partial charge in [-0.3, -0.25) is 9.48 Å². The van der Waals surface area contributed by atoms with E-state index in [0.717, 1.165) is 37.1 Å². The first-order chi connectivity index (χ1) is 11.7. The number of para-hydroxylation sites is 1. The van der Waals surface area contributed by atoms with Crippen LogP contribution in [0.4, 0.5) is 0 Å². The number of aromatic nitrogens is 2. The molecule has 24 heavy (non-hydrogen) atoms. The Labute approximate surface area is 142 Å². The van der Waals surface area contributed by atoms with Crippen LogP contribution in [-0.4, -0.2) is 21.3 Å². The van der Waals surface area contributed by atoms with Crippen molar-refractivity contribution in [3.8, 4) is 5.75 Å². The first-order valence-corrected chi connectivity index (χ1v) is 8.80. The van der Waals surface area contributed by atoms with Gasteiger partial charge in [-0.05, 0) is 38.7 Å². The lowest BCUT2D eigenvalue weighted by atomic mass is 9.86. The molecule has 1 aliphatic heterocycles. The minimum Gasteiger partial charge on any atom is -0.487 e. The van der Waals surface area contributed by atoms with Crippen LogP contribution in [0.1, 0.15) is 61.0 Å². The highest BCUT2D eigenvalue weighted by atomic mass is 16.5. The molecule has 5 nitrogen and oxygen atoms in total. The summed E-state index contributed by atoms with van der Waals surface area (Å²) in [6, 6.07) is 8.06. The molecule has 1 N–H and O–H groups in total. The summed E-state index contributed by atoms with van der Waals surface area (Å²) in [6.07, 6.45) is 8.82. The number of ether oxygens (including phenoxy) is 1. The van der Waals surface area contributed by atoms with Crippen LogP contribution in [0.5, 0.6) is 5.75 Å². The van der Waals surface area contributed by atoms with E-state index in [2.05, 4.69) is 16.5 Å². The number of hydrogen-bond acceptors (Lipinski definition) is 3. The standard InChI is InChI=1S/C19H23N3O2/c1-2-22-13-14(12-20-22)18(23)21-16-11-19(9-5-6-10-19)24-17-8-4-3-7-15(16)17/h3-4,7-8,12-13,16H,2,5-6,9-11H2,1H3,(H,21,23)/t16-/m0/s1. The molecule has 1 saturated carbocycles. The summed E-state index contributed by atoms with van der Waals surface area (Å²) in [5, 5.41) is 7.40. The molecule has 4 rings (SSSR count). The number of carbonyl (C=O) groups excluding carboxylic acids is 1. The van der Waals surface area contributed by atoms with Crippen molar-refractivity contribution in [2.75, 3.05) is 0 Å². The van der Waals surface area contributed by atoms with Crippen LogP contribution in [0.3, 0.4) is 0 Å². The predicted molar refractivity (Wildman–Crippen MR) is 91.0 cm³/mol. The number of carbonyl (C=O) groups is 1. The molecule has 126 valence electrons. The molecule has 2 aromatic rings. The molecule has 1 spiro atoms. The maximum atomic E-state index is 12.7. The highest BCUT2D eigenvalue weighted by Gasteiger charge is 2.43. The van der Waals surface area contributed by atoms with E-state index in [4.69, 9.17) is 4.74 Å². The summed E-state index contributed by atoms with van der Waals surface area (Å²) in [4.78, 5) is 12.7. The molecule has 0 bridgehead atoms. The SMILES string of the molecule is CCn1cc(C(=O)N[C@H]2CC3(CCCC3)Oc3ccccc32)cn1. The predicted octanol–water partition coefficient (Wildman–Crippen LogP) is 3.47. The third kappa shape index (κ3) is 2.68. The van der Waals surface area contributed by atoms with Gasteiger partial charge in [-0.25, -0.2) is 0 Å². The number of nitrogens with zero attached hydrogens (tertiary/aromatic N) is 2. The highest BCUT2D eigenvalue weighted by Crippen LogP contribution is 2.47. The fourth-order valence-corrected chi connectivity index (χ4v) is 3.97. The van der Waals surface area contributed by atoms with Gasteiger partial charge in [0.1, 0.15) is 11.4 Å². The molecular formula is C19H23N3O2. The summed E-state index contributed by atoms with van der Waals surface area (Å²) < 4.78 is 8.12. The van der Waals surface area contributed by atoms with E-state index in [-0.39, 0.29) is 17.6 Å². The van der Waals surface area contributed by atoms with Gasteiger partial charge in [-0.2, -0.15) is 5.10 Å². The van der Waals surface area contributed by atoms with E-state index in [1.165, 1.54) is 12.8 Å². The van der Waals surface area contributed by atoms with Gasteiger partial charge in [0.2, 0.25) is 0 Å². The van der Waals surface area contributed by atoms with Gasteiger partial charge in [0.15, 0.2) is 0 Å². The van der Waals surface area contributed by atoms with Gasteiger partial charge in [0, 0.05) is 24.7 Å². The van der Waals surface area contributed by atoms with Gasteiger partial charge < -0.3 is 10.1 Å². The van der Waals surface area contributed by atoms with Gasteiger partial charge in [0.05, 0.1) is 17.8 Å². The van der Waals surface area contributed by atoms with Gasteiger partial charge in [-0.15, -0.1) is 0 Å². The molecule has 1 amide bonds. The van der Waals surface area contributed by atoms with Crippen molar-refractivity contribution >= 4 is 5.91 Å². The smallest absolute Gasteiger partial charge is 0.254 e. The number of benzene rings is 1. The topological polar surface area (TPSA) is 56.2 Å². The van der Waals surface area contributed by atoms with E-state index >= 15 is 0 Å². The molecule has 1 aromatic heterocycles. The second-order valence-corrected chi connectivity index (χ2v) is 6.84. The number of rotatable bonds is 3. The van der Waals surface area contributed by atoms with Crippen molar-refractivity contribution in [1.82, 2.24) is 15.1 Å². The molecule has 0 radical (unpaired) electrons. The first kappa shape index (κ1) is 15.2. The fraction of sp³-hybridized carbons (Fsp3) is 0.474. The van der Waals surface area contributed by atoms with Crippen LogP contribution in [0.25, 0.3) is 0 Å². The molecule has 2 aliphatic rings. The summed E-state index contributed by atoms with van der Waals surface area (Å²) in [5.41, 5.74) is 1.58. The lowest BCUT2D eigenvalue weighted by Crippen LogP contribution is -2.43. The van der Waals surface area contributed by atoms with Crippen molar-refractivity contribution in [1.29, 1.82) is 0 Å². The van der Waals surface area contributed by atoms with Crippen LogP contribution >= 0.6 is 0 Å². The van der Waals surface area contributed by atoms with E-state index in [0.29, 0.717) is 5.56 Å². The Morgan fingerprint density at radius 2 is 2.17 bits per heavy atom. The zero-order valence-electron chi connectivity index (χ0n) is 14.0.